The first-order chi connectivity index (χ1) is 13.3. The highest BCUT2D eigenvalue weighted by molar-refractivity contribution is 6.30. The fourth-order valence-electron chi connectivity index (χ4n) is 3.26. The van der Waals surface area contributed by atoms with Crippen molar-refractivity contribution in [2.45, 2.75) is 12.5 Å². The van der Waals surface area contributed by atoms with Gasteiger partial charge in [0, 0.05) is 10.6 Å². The number of rotatable bonds is 4. The molecule has 3 aromatic rings. The van der Waals surface area contributed by atoms with Gasteiger partial charge in [0.15, 0.2) is 5.78 Å². The van der Waals surface area contributed by atoms with Crippen LogP contribution in [0.3, 0.4) is 0 Å². The third-order valence-electron chi connectivity index (χ3n) is 4.84. The number of urea groups is 1. The highest BCUT2D eigenvalue weighted by atomic mass is 35.5. The molecule has 3 amide bonds. The number of carbonyl (C=O) groups excluding carboxylic acids is 3. The average molecular weight is 399 g/mol. The molecule has 1 aromatic heterocycles. The fraction of sp³-hybridized carbons (Fsp3) is 0.158. The van der Waals surface area contributed by atoms with Gasteiger partial charge in [0.1, 0.15) is 5.54 Å². The second kappa shape index (κ2) is 6.35. The van der Waals surface area contributed by atoms with Gasteiger partial charge in [-0.25, -0.2) is 9.59 Å². The van der Waals surface area contributed by atoms with Crippen molar-refractivity contribution in [3.63, 3.8) is 0 Å². The first-order valence-corrected chi connectivity index (χ1v) is 8.81. The van der Waals surface area contributed by atoms with Crippen LogP contribution in [-0.2, 0) is 10.3 Å². The molecule has 0 saturated carbocycles. The van der Waals surface area contributed by atoms with E-state index in [4.69, 9.17) is 11.6 Å². The zero-order valence-corrected chi connectivity index (χ0v) is 15.5. The van der Waals surface area contributed by atoms with Crippen molar-refractivity contribution in [1.29, 1.82) is 0 Å². The summed E-state index contributed by atoms with van der Waals surface area (Å²) in [5.41, 5.74) is 0.218. The fourth-order valence-corrected chi connectivity index (χ4v) is 3.39. The number of ketones is 1. The highest BCUT2D eigenvalue weighted by Gasteiger charge is 2.49. The van der Waals surface area contributed by atoms with Gasteiger partial charge >= 0.3 is 11.7 Å². The lowest BCUT2D eigenvalue weighted by Crippen LogP contribution is -2.41. The van der Waals surface area contributed by atoms with E-state index in [1.807, 2.05) is 0 Å². The van der Waals surface area contributed by atoms with E-state index >= 15 is 0 Å². The summed E-state index contributed by atoms with van der Waals surface area (Å²) in [5.74, 6) is -0.947. The van der Waals surface area contributed by atoms with Crippen molar-refractivity contribution >= 4 is 40.4 Å². The van der Waals surface area contributed by atoms with Crippen molar-refractivity contribution in [1.82, 2.24) is 20.2 Å². The molecule has 1 fully saturated rings. The molecule has 1 saturated heterocycles. The molecular formula is C19H15ClN4O4. The summed E-state index contributed by atoms with van der Waals surface area (Å²) >= 11 is 5.89. The van der Waals surface area contributed by atoms with Crippen LogP contribution in [0.15, 0.2) is 47.3 Å². The number of fused-ring (bicyclic) bond motifs is 1. The van der Waals surface area contributed by atoms with Gasteiger partial charge in [-0.15, -0.1) is 0 Å². The maximum absolute atomic E-state index is 12.9. The first kappa shape index (κ1) is 18.0. The average Bonchev–Trinajstić information content (AvgIpc) is 3.13. The molecule has 1 unspecified atom stereocenters. The Morgan fingerprint density at radius 2 is 1.71 bits per heavy atom. The third-order valence-corrected chi connectivity index (χ3v) is 5.09. The number of aromatic nitrogens is 2. The Labute approximate surface area is 163 Å². The summed E-state index contributed by atoms with van der Waals surface area (Å²) < 4.78 is 0. The Bertz CT molecular complexity index is 1180. The number of amides is 3. The highest BCUT2D eigenvalue weighted by Crippen LogP contribution is 2.29. The number of imidazole rings is 1. The Hall–Kier alpha value is -3.39. The Morgan fingerprint density at radius 1 is 1.04 bits per heavy atom. The number of carbonyl (C=O) groups is 3. The summed E-state index contributed by atoms with van der Waals surface area (Å²) in [6.07, 6.45) is 0. The normalized spacial score (nSPS) is 19.3. The van der Waals surface area contributed by atoms with Gasteiger partial charge in [0.25, 0.3) is 5.91 Å². The lowest BCUT2D eigenvalue weighted by molar-refractivity contribution is -0.130. The smallest absolute Gasteiger partial charge is 0.319 e. The van der Waals surface area contributed by atoms with E-state index in [2.05, 4.69) is 15.3 Å². The van der Waals surface area contributed by atoms with Crippen molar-refractivity contribution in [3.05, 3.63) is 69.1 Å². The van der Waals surface area contributed by atoms with E-state index in [0.717, 1.165) is 4.90 Å². The van der Waals surface area contributed by atoms with Gasteiger partial charge in [-0.1, -0.05) is 23.7 Å². The molecule has 2 aromatic carbocycles. The van der Waals surface area contributed by atoms with Crippen molar-refractivity contribution in [2.24, 2.45) is 0 Å². The van der Waals surface area contributed by atoms with E-state index in [1.54, 1.807) is 37.3 Å². The Balaban J connectivity index is 1.59. The molecule has 3 N–H and O–H groups in total. The second-order valence-electron chi connectivity index (χ2n) is 6.72. The molecule has 0 radical (unpaired) electrons. The van der Waals surface area contributed by atoms with Crippen LogP contribution < -0.4 is 11.0 Å². The molecule has 142 valence electrons. The molecule has 1 aliphatic rings. The van der Waals surface area contributed by atoms with E-state index in [9.17, 15) is 19.2 Å². The minimum absolute atomic E-state index is 0.281. The molecule has 1 aliphatic heterocycles. The van der Waals surface area contributed by atoms with E-state index in [-0.39, 0.29) is 11.3 Å². The third kappa shape index (κ3) is 2.87. The van der Waals surface area contributed by atoms with Crippen LogP contribution in [0.2, 0.25) is 5.02 Å². The quantitative estimate of drug-likeness (QED) is 0.461. The number of nitrogens with zero attached hydrogens (tertiary/aromatic N) is 1. The summed E-state index contributed by atoms with van der Waals surface area (Å²) in [6.45, 7) is 1.17. The Kier molecular flexibility index (Phi) is 4.08. The minimum atomic E-state index is -1.28. The topological polar surface area (TPSA) is 115 Å². The number of halogens is 1. The molecule has 4 rings (SSSR count). The van der Waals surface area contributed by atoms with E-state index in [0.29, 0.717) is 21.6 Å². The molecule has 2 heterocycles. The van der Waals surface area contributed by atoms with Crippen molar-refractivity contribution < 1.29 is 14.4 Å². The number of benzene rings is 2. The number of aromatic amines is 2. The second-order valence-corrected chi connectivity index (χ2v) is 7.15. The monoisotopic (exact) mass is 398 g/mol. The van der Waals surface area contributed by atoms with Gasteiger partial charge in [-0.05, 0) is 42.8 Å². The van der Waals surface area contributed by atoms with Crippen LogP contribution in [0.4, 0.5) is 4.79 Å². The molecule has 0 spiro atoms. The number of H-pyrrole nitrogens is 2. The predicted molar refractivity (Wildman–Crippen MR) is 102 cm³/mol. The SMILES string of the molecule is CC1(c2ccc(Cl)cc2)NC(=O)N(CC(=O)c2ccc3[nH]c(=O)[nH]c3c2)C1=O. The van der Waals surface area contributed by atoms with E-state index in [1.165, 1.54) is 12.1 Å². The lowest BCUT2D eigenvalue weighted by atomic mass is 9.92. The van der Waals surface area contributed by atoms with Gasteiger partial charge in [0.05, 0.1) is 17.6 Å². The maximum atomic E-state index is 12.9. The minimum Gasteiger partial charge on any atom is -0.319 e. The molecule has 0 bridgehead atoms. The van der Waals surface area contributed by atoms with Crippen LogP contribution in [0.5, 0.6) is 0 Å². The van der Waals surface area contributed by atoms with Gasteiger partial charge in [0.2, 0.25) is 0 Å². The number of hydrogen-bond acceptors (Lipinski definition) is 4. The molecule has 1 atom stereocenters. The lowest BCUT2D eigenvalue weighted by Gasteiger charge is -2.22. The van der Waals surface area contributed by atoms with Gasteiger partial charge < -0.3 is 15.3 Å². The van der Waals surface area contributed by atoms with Gasteiger partial charge in [-0.3, -0.25) is 14.5 Å². The summed E-state index contributed by atoms with van der Waals surface area (Å²) in [4.78, 5) is 55.3. The number of nitrogens with one attached hydrogen (secondary N) is 3. The number of Topliss-reactive ketones (excluding diaryl/α,β-unsaturated/α-hetero) is 1. The molecule has 9 heteroatoms. The summed E-state index contributed by atoms with van der Waals surface area (Å²) in [6, 6.07) is 10.5. The van der Waals surface area contributed by atoms with Crippen LogP contribution in [0.1, 0.15) is 22.8 Å². The molecular weight excluding hydrogens is 384 g/mol. The first-order valence-electron chi connectivity index (χ1n) is 8.43. The maximum Gasteiger partial charge on any atom is 0.325 e. The van der Waals surface area contributed by atoms with Crippen LogP contribution >= 0.6 is 11.6 Å². The molecule has 0 aliphatic carbocycles. The molecule has 28 heavy (non-hydrogen) atoms. The van der Waals surface area contributed by atoms with Crippen LogP contribution in [0, 0.1) is 0 Å². The van der Waals surface area contributed by atoms with Gasteiger partial charge in [-0.2, -0.15) is 0 Å². The van der Waals surface area contributed by atoms with E-state index < -0.39 is 29.8 Å². The summed E-state index contributed by atoms with van der Waals surface area (Å²) in [7, 11) is 0. The zero-order chi connectivity index (χ0) is 20.1. The summed E-state index contributed by atoms with van der Waals surface area (Å²) in [5, 5.41) is 3.15. The zero-order valence-electron chi connectivity index (χ0n) is 14.7. The number of imide groups is 1. The largest absolute Gasteiger partial charge is 0.325 e. The van der Waals surface area contributed by atoms with Crippen molar-refractivity contribution in [2.75, 3.05) is 6.54 Å². The molecule has 8 nitrogen and oxygen atoms in total. The predicted octanol–water partition coefficient (Wildman–Crippen LogP) is 2.16. The van der Waals surface area contributed by atoms with Crippen LogP contribution in [-0.4, -0.2) is 39.1 Å². The van der Waals surface area contributed by atoms with Crippen LogP contribution in [0.25, 0.3) is 11.0 Å². The standard InChI is InChI=1S/C19H15ClN4O4/c1-19(11-3-5-12(20)6-4-11)16(26)24(18(28)23-19)9-15(25)10-2-7-13-14(8-10)22-17(27)21-13/h2-8H,9H2,1H3,(H,23,28)(H2,21,22,27). The van der Waals surface area contributed by atoms with Crippen molar-refractivity contribution in [3.8, 4) is 0 Å². The Morgan fingerprint density at radius 3 is 2.43 bits per heavy atom. The number of hydrogen-bond donors (Lipinski definition) is 3.